The highest BCUT2D eigenvalue weighted by atomic mass is 32.2. The van der Waals surface area contributed by atoms with E-state index in [2.05, 4.69) is 62.4 Å². The Labute approximate surface area is 253 Å². The number of hydrogen-bond acceptors (Lipinski definition) is 4. The van der Waals surface area contributed by atoms with Crippen molar-refractivity contribution in [3.63, 3.8) is 0 Å². The van der Waals surface area contributed by atoms with Crippen LogP contribution in [0.3, 0.4) is 0 Å². The van der Waals surface area contributed by atoms with Gasteiger partial charge in [0.25, 0.3) is 0 Å². The molecule has 0 bridgehead atoms. The Morgan fingerprint density at radius 1 is 0.425 bits per heavy atom. The Kier molecular flexibility index (Phi) is 17.5. The van der Waals surface area contributed by atoms with Crippen LogP contribution in [0.15, 0.2) is 48.5 Å². The van der Waals surface area contributed by atoms with Crippen LogP contribution in [-0.4, -0.2) is 23.4 Å². The molecule has 0 aliphatic heterocycles. The molecule has 222 valence electrons. The Bertz CT molecular complexity index is 926. The van der Waals surface area contributed by atoms with Crippen LogP contribution in [0.25, 0.3) is 21.5 Å². The van der Waals surface area contributed by atoms with Crippen molar-refractivity contribution in [2.45, 2.75) is 117 Å². The second-order valence-electron chi connectivity index (χ2n) is 11.0. The van der Waals surface area contributed by atoms with E-state index in [-0.39, 0.29) is 0 Å². The normalized spacial score (nSPS) is 11.4. The molecule has 0 heterocycles. The van der Waals surface area contributed by atoms with Gasteiger partial charge in [0.2, 0.25) is 0 Å². The fourth-order valence-electron chi connectivity index (χ4n) is 5.35. The minimum atomic E-state index is 0.694. The minimum absolute atomic E-state index is 0.694. The summed E-state index contributed by atoms with van der Waals surface area (Å²) in [6.07, 6.45) is 21.8. The van der Waals surface area contributed by atoms with Gasteiger partial charge >= 0.3 is 0 Å². The number of unbranched alkanes of at least 4 members (excludes halogenated alkanes) is 14. The monoisotopic (exact) mass is 582 g/mol. The zero-order valence-electron chi connectivity index (χ0n) is 25.4. The van der Waals surface area contributed by atoms with Crippen molar-refractivity contribution in [3.05, 3.63) is 48.5 Å². The zero-order chi connectivity index (χ0) is 28.1. The summed E-state index contributed by atoms with van der Waals surface area (Å²) in [6, 6.07) is 17.2. The fourth-order valence-corrected chi connectivity index (χ4v) is 6.81. The maximum atomic E-state index is 6.47. The van der Waals surface area contributed by atoms with Gasteiger partial charge in [-0.05, 0) is 24.3 Å². The topological polar surface area (TPSA) is 18.5 Å². The molecule has 0 saturated heterocycles. The molecule has 0 aliphatic carbocycles. The average Bonchev–Trinajstić information content (AvgIpc) is 2.99. The molecule has 0 fully saturated rings. The van der Waals surface area contributed by atoms with Crippen LogP contribution < -0.4 is 9.47 Å². The third-order valence-electron chi connectivity index (χ3n) is 7.69. The predicted octanol–water partition coefficient (Wildman–Crippen LogP) is 12.4. The van der Waals surface area contributed by atoms with Crippen LogP contribution in [0.2, 0.25) is 0 Å². The first-order chi connectivity index (χ1) is 19.9. The second kappa shape index (κ2) is 21.2. The number of benzene rings is 3. The van der Waals surface area contributed by atoms with E-state index in [4.69, 9.17) is 9.47 Å². The summed E-state index contributed by atoms with van der Waals surface area (Å²) in [5.74, 6) is 5.71. The molecule has 0 atom stereocenters. The maximum absolute atomic E-state index is 6.47. The van der Waals surface area contributed by atoms with Gasteiger partial charge in [-0.15, -0.1) is 23.5 Å². The van der Waals surface area contributed by atoms with Gasteiger partial charge in [-0.2, -0.15) is 0 Å². The summed E-state index contributed by atoms with van der Waals surface area (Å²) < 4.78 is 12.9. The van der Waals surface area contributed by atoms with Crippen molar-refractivity contribution in [1.29, 1.82) is 0 Å². The largest absolute Gasteiger partial charge is 0.482 e. The lowest BCUT2D eigenvalue weighted by Gasteiger charge is -2.17. The Balaban J connectivity index is 1.47. The van der Waals surface area contributed by atoms with E-state index in [0.717, 1.165) is 33.0 Å². The average molecular weight is 583 g/mol. The molecule has 2 nitrogen and oxygen atoms in total. The molecule has 3 aromatic carbocycles. The first-order valence-corrected chi connectivity index (χ1v) is 18.5. The highest BCUT2D eigenvalue weighted by molar-refractivity contribution is 7.99. The van der Waals surface area contributed by atoms with Crippen LogP contribution >= 0.6 is 23.5 Å². The standard InChI is InChI=1S/C36H54O2S2/c1-3-5-7-9-11-13-15-21-27-39-29-37-35-31-23-17-19-25-33(31)36(34-26-20-18-24-32(34)35)38-30-40-28-22-16-14-12-10-8-6-4-2/h17-20,23-26H,3-16,21-22,27-30H2,1-2H3. The van der Waals surface area contributed by atoms with Gasteiger partial charge < -0.3 is 9.47 Å². The van der Waals surface area contributed by atoms with Gasteiger partial charge in [0.1, 0.15) is 23.4 Å². The van der Waals surface area contributed by atoms with Gasteiger partial charge in [-0.25, -0.2) is 0 Å². The first-order valence-electron chi connectivity index (χ1n) is 16.2. The maximum Gasteiger partial charge on any atom is 0.136 e. The third kappa shape index (κ3) is 11.8. The predicted molar refractivity (Wildman–Crippen MR) is 183 cm³/mol. The molecule has 0 aliphatic rings. The number of ether oxygens (including phenoxy) is 2. The lowest BCUT2D eigenvalue weighted by molar-refractivity contribution is 0.395. The molecule has 4 heteroatoms. The molecule has 0 unspecified atom stereocenters. The molecule has 0 N–H and O–H groups in total. The van der Waals surface area contributed by atoms with E-state index in [1.165, 1.54) is 114 Å². The molecule has 3 aromatic rings. The number of thioether (sulfide) groups is 2. The van der Waals surface area contributed by atoms with Crippen molar-refractivity contribution in [2.24, 2.45) is 0 Å². The summed E-state index contributed by atoms with van der Waals surface area (Å²) in [4.78, 5) is 0. The summed E-state index contributed by atoms with van der Waals surface area (Å²) in [7, 11) is 0. The van der Waals surface area contributed by atoms with E-state index < -0.39 is 0 Å². The van der Waals surface area contributed by atoms with E-state index in [1.54, 1.807) is 0 Å². The molecular weight excluding hydrogens is 529 g/mol. The number of rotatable bonds is 24. The molecule has 0 radical (unpaired) electrons. The van der Waals surface area contributed by atoms with E-state index >= 15 is 0 Å². The van der Waals surface area contributed by atoms with Crippen LogP contribution in [0.1, 0.15) is 117 Å². The van der Waals surface area contributed by atoms with Crippen LogP contribution in [0.4, 0.5) is 0 Å². The SMILES string of the molecule is CCCCCCCCCCSCOc1c2ccccc2c(OCSCCCCCCCCCC)c2ccccc12. The Morgan fingerprint density at radius 3 is 1.05 bits per heavy atom. The van der Waals surface area contributed by atoms with Crippen molar-refractivity contribution < 1.29 is 9.47 Å². The van der Waals surface area contributed by atoms with Crippen molar-refractivity contribution in [3.8, 4) is 11.5 Å². The van der Waals surface area contributed by atoms with E-state index in [0.29, 0.717) is 11.9 Å². The van der Waals surface area contributed by atoms with Crippen molar-refractivity contribution >= 4 is 45.1 Å². The van der Waals surface area contributed by atoms with Gasteiger partial charge in [0, 0.05) is 21.5 Å². The Hall–Kier alpha value is -1.52. The second-order valence-corrected chi connectivity index (χ2v) is 13.1. The van der Waals surface area contributed by atoms with Gasteiger partial charge in [-0.1, -0.05) is 152 Å². The molecule has 0 spiro atoms. The zero-order valence-corrected chi connectivity index (χ0v) is 27.0. The summed E-state index contributed by atoms with van der Waals surface area (Å²) in [5, 5.41) is 4.60. The Morgan fingerprint density at radius 2 is 0.725 bits per heavy atom. The number of fused-ring (bicyclic) bond motifs is 2. The van der Waals surface area contributed by atoms with Crippen LogP contribution in [0, 0.1) is 0 Å². The van der Waals surface area contributed by atoms with Crippen LogP contribution in [0.5, 0.6) is 11.5 Å². The molecule has 40 heavy (non-hydrogen) atoms. The summed E-state index contributed by atoms with van der Waals surface area (Å²) in [6.45, 7) is 4.57. The van der Waals surface area contributed by atoms with Crippen molar-refractivity contribution in [2.75, 3.05) is 23.4 Å². The fraction of sp³-hybridized carbons (Fsp3) is 0.611. The minimum Gasteiger partial charge on any atom is -0.482 e. The van der Waals surface area contributed by atoms with Crippen molar-refractivity contribution in [1.82, 2.24) is 0 Å². The molecule has 0 aromatic heterocycles. The van der Waals surface area contributed by atoms with Gasteiger partial charge in [-0.3, -0.25) is 0 Å². The highest BCUT2D eigenvalue weighted by Gasteiger charge is 2.16. The molecule has 3 rings (SSSR count). The lowest BCUT2D eigenvalue weighted by Crippen LogP contribution is -2.00. The third-order valence-corrected chi connectivity index (χ3v) is 9.41. The van der Waals surface area contributed by atoms with Crippen LogP contribution in [-0.2, 0) is 0 Å². The number of hydrogen-bond donors (Lipinski definition) is 0. The molecular formula is C36H54O2S2. The first kappa shape index (κ1) is 33.0. The molecule has 0 amide bonds. The quantitative estimate of drug-likeness (QED) is 0.0594. The summed E-state index contributed by atoms with van der Waals surface area (Å²) in [5.41, 5.74) is 0. The highest BCUT2D eigenvalue weighted by Crippen LogP contribution is 2.43. The summed E-state index contributed by atoms with van der Waals surface area (Å²) >= 11 is 3.83. The van der Waals surface area contributed by atoms with Gasteiger partial charge in [0.05, 0.1) is 0 Å². The van der Waals surface area contributed by atoms with Gasteiger partial charge in [0.15, 0.2) is 0 Å². The lowest BCUT2D eigenvalue weighted by atomic mass is 10.0. The van der Waals surface area contributed by atoms with E-state index in [1.807, 2.05) is 23.5 Å². The van der Waals surface area contributed by atoms with E-state index in [9.17, 15) is 0 Å². The molecule has 0 saturated carbocycles. The smallest absolute Gasteiger partial charge is 0.136 e.